The highest BCUT2D eigenvalue weighted by Gasteiger charge is 2.18. The number of benzene rings is 2. The monoisotopic (exact) mass is 439 g/mol. The predicted octanol–water partition coefficient (Wildman–Crippen LogP) is 4.19. The lowest BCUT2D eigenvalue weighted by Gasteiger charge is -2.12. The van der Waals surface area contributed by atoms with Gasteiger partial charge in [0.05, 0.1) is 17.1 Å². The van der Waals surface area contributed by atoms with Crippen molar-refractivity contribution < 1.29 is 4.79 Å². The van der Waals surface area contributed by atoms with Gasteiger partial charge in [0.15, 0.2) is 10.8 Å². The van der Waals surface area contributed by atoms with Crippen LogP contribution in [0, 0.1) is 6.92 Å². The summed E-state index contributed by atoms with van der Waals surface area (Å²) < 4.78 is 1.55. The van der Waals surface area contributed by atoms with Gasteiger partial charge in [-0.2, -0.15) is 5.10 Å². The Morgan fingerprint density at radius 2 is 2.03 bits per heavy atom. The van der Waals surface area contributed by atoms with Gasteiger partial charge in [-0.15, -0.1) is 0 Å². The normalized spacial score (nSPS) is 12.1. The van der Waals surface area contributed by atoms with Crippen molar-refractivity contribution in [3.05, 3.63) is 75.7 Å². The van der Waals surface area contributed by atoms with Crippen LogP contribution in [0.5, 0.6) is 0 Å². The Morgan fingerprint density at radius 1 is 1.23 bits per heavy atom. The van der Waals surface area contributed by atoms with Crippen molar-refractivity contribution in [1.29, 1.82) is 0 Å². The molecule has 2 N–H and O–H groups in total. The van der Waals surface area contributed by atoms with E-state index in [1.165, 1.54) is 18.0 Å². The summed E-state index contributed by atoms with van der Waals surface area (Å²) in [5.74, 6) is -0.184. The molecule has 1 atom stereocenters. The molecular formula is C21H18ClN5O2S. The molecule has 0 unspecified atom stereocenters. The van der Waals surface area contributed by atoms with E-state index >= 15 is 0 Å². The molecule has 0 aliphatic carbocycles. The van der Waals surface area contributed by atoms with Crippen LogP contribution in [0.25, 0.3) is 16.7 Å². The lowest BCUT2D eigenvalue weighted by molar-refractivity contribution is -0.115. The minimum Gasteiger partial charge on any atom is -0.325 e. The Kier molecular flexibility index (Phi) is 5.61. The van der Waals surface area contributed by atoms with Gasteiger partial charge in [-0.3, -0.25) is 9.59 Å². The fourth-order valence-electron chi connectivity index (χ4n) is 2.94. The second-order valence-electron chi connectivity index (χ2n) is 6.76. The van der Waals surface area contributed by atoms with Crippen molar-refractivity contribution >= 4 is 46.0 Å². The van der Waals surface area contributed by atoms with Crippen LogP contribution in [-0.2, 0) is 4.79 Å². The average Bonchev–Trinajstić information content (AvgIpc) is 3.12. The third-order valence-corrected chi connectivity index (χ3v) is 5.63. The van der Waals surface area contributed by atoms with Gasteiger partial charge < -0.3 is 10.3 Å². The summed E-state index contributed by atoms with van der Waals surface area (Å²) in [6, 6.07) is 14.7. The fraction of sp³-hybridized carbons (Fsp3) is 0.143. The first kappa shape index (κ1) is 20.2. The minimum atomic E-state index is -0.478. The van der Waals surface area contributed by atoms with Gasteiger partial charge in [-0.25, -0.2) is 9.67 Å². The molecule has 4 aromatic rings. The molecule has 0 aliphatic rings. The maximum atomic E-state index is 12.6. The van der Waals surface area contributed by atoms with E-state index in [0.29, 0.717) is 26.9 Å². The second-order valence-corrected chi connectivity index (χ2v) is 8.53. The van der Waals surface area contributed by atoms with Gasteiger partial charge in [-0.1, -0.05) is 41.6 Å². The number of fused-ring (bicyclic) bond motifs is 1. The number of hydrogen-bond donors (Lipinski definition) is 2. The van der Waals surface area contributed by atoms with Gasteiger partial charge in [0.25, 0.3) is 5.56 Å². The van der Waals surface area contributed by atoms with E-state index in [1.807, 2.05) is 37.3 Å². The zero-order valence-corrected chi connectivity index (χ0v) is 17.8. The molecule has 0 bridgehead atoms. The van der Waals surface area contributed by atoms with Crippen LogP contribution in [0.2, 0.25) is 5.02 Å². The Bertz CT molecular complexity index is 1300. The molecule has 30 heavy (non-hydrogen) atoms. The van der Waals surface area contributed by atoms with Crippen LogP contribution in [-0.4, -0.2) is 30.9 Å². The Labute approximate surface area is 181 Å². The summed E-state index contributed by atoms with van der Waals surface area (Å²) in [6.45, 7) is 3.72. The smallest absolute Gasteiger partial charge is 0.262 e. The number of rotatable bonds is 5. The van der Waals surface area contributed by atoms with Gasteiger partial charge in [0, 0.05) is 10.7 Å². The van der Waals surface area contributed by atoms with E-state index in [9.17, 15) is 9.59 Å². The highest BCUT2D eigenvalue weighted by molar-refractivity contribution is 8.00. The summed E-state index contributed by atoms with van der Waals surface area (Å²) in [5.41, 5.74) is 2.55. The lowest BCUT2D eigenvalue weighted by Crippen LogP contribution is -2.23. The highest BCUT2D eigenvalue weighted by Crippen LogP contribution is 2.23. The highest BCUT2D eigenvalue weighted by atomic mass is 35.5. The molecule has 0 saturated heterocycles. The number of anilines is 1. The number of H-pyrrole nitrogens is 1. The maximum Gasteiger partial charge on any atom is 0.262 e. The van der Waals surface area contributed by atoms with E-state index in [4.69, 9.17) is 11.6 Å². The molecular weight excluding hydrogens is 422 g/mol. The summed E-state index contributed by atoms with van der Waals surface area (Å²) in [7, 11) is 0. The second kappa shape index (κ2) is 8.33. The number of aromatic nitrogens is 4. The van der Waals surface area contributed by atoms with Crippen LogP contribution in [0.15, 0.2) is 64.7 Å². The van der Waals surface area contributed by atoms with E-state index < -0.39 is 5.25 Å². The fourth-order valence-corrected chi connectivity index (χ4v) is 3.91. The van der Waals surface area contributed by atoms with E-state index in [0.717, 1.165) is 11.3 Å². The summed E-state index contributed by atoms with van der Waals surface area (Å²) in [4.78, 5) is 32.3. The van der Waals surface area contributed by atoms with Crippen molar-refractivity contribution in [2.45, 2.75) is 24.3 Å². The molecule has 0 saturated carbocycles. The molecule has 2 heterocycles. The molecule has 0 radical (unpaired) electrons. The standard InChI is InChI=1S/C21H18ClN5O2S/c1-12-5-3-7-15(9-12)24-19(28)13(2)30-21-25-18-17(20(29)26-21)11-23-27(18)16-8-4-6-14(22)10-16/h3-11,13H,1-2H3,(H,24,28)(H,25,26,29)/t13-/m0/s1. The van der Waals surface area contributed by atoms with Crippen LogP contribution in [0.3, 0.4) is 0 Å². The van der Waals surface area contributed by atoms with Crippen molar-refractivity contribution in [2.24, 2.45) is 0 Å². The first-order valence-electron chi connectivity index (χ1n) is 9.19. The third kappa shape index (κ3) is 4.24. The number of thioether (sulfide) groups is 1. The topological polar surface area (TPSA) is 92.7 Å². The zero-order valence-electron chi connectivity index (χ0n) is 16.2. The number of nitrogens with one attached hydrogen (secondary N) is 2. The maximum absolute atomic E-state index is 12.6. The summed E-state index contributed by atoms with van der Waals surface area (Å²) >= 11 is 7.25. The number of aromatic amines is 1. The average molecular weight is 440 g/mol. The number of hydrogen-bond acceptors (Lipinski definition) is 5. The van der Waals surface area contributed by atoms with Gasteiger partial charge >= 0.3 is 0 Å². The molecule has 4 rings (SSSR count). The molecule has 0 spiro atoms. The molecule has 7 nitrogen and oxygen atoms in total. The lowest BCUT2D eigenvalue weighted by atomic mass is 10.2. The third-order valence-electron chi connectivity index (χ3n) is 4.41. The van der Waals surface area contributed by atoms with Gasteiger partial charge in [0.1, 0.15) is 5.39 Å². The molecule has 9 heteroatoms. The largest absolute Gasteiger partial charge is 0.325 e. The number of halogens is 1. The number of amides is 1. The predicted molar refractivity (Wildman–Crippen MR) is 120 cm³/mol. The van der Waals surface area contributed by atoms with E-state index in [-0.39, 0.29) is 11.5 Å². The van der Waals surface area contributed by atoms with Crippen molar-refractivity contribution in [3.8, 4) is 5.69 Å². The number of carbonyl (C=O) groups excluding carboxylic acids is 1. The Morgan fingerprint density at radius 3 is 2.80 bits per heavy atom. The SMILES string of the molecule is Cc1cccc(NC(=O)[C@H](C)Sc2nc3c(cnn3-c3cccc(Cl)c3)c(=O)[nH]2)c1. The van der Waals surface area contributed by atoms with Crippen LogP contribution in [0.4, 0.5) is 5.69 Å². The Hall–Kier alpha value is -3.10. The van der Waals surface area contributed by atoms with Crippen LogP contribution in [0.1, 0.15) is 12.5 Å². The first-order valence-corrected chi connectivity index (χ1v) is 10.4. The number of carbonyl (C=O) groups is 1. The van der Waals surface area contributed by atoms with E-state index in [1.54, 1.807) is 29.8 Å². The van der Waals surface area contributed by atoms with Crippen LogP contribution >= 0.6 is 23.4 Å². The molecule has 2 aromatic heterocycles. The van der Waals surface area contributed by atoms with Gasteiger partial charge in [0.2, 0.25) is 5.91 Å². The number of aryl methyl sites for hydroxylation is 1. The molecule has 0 aliphatic heterocycles. The quantitative estimate of drug-likeness (QED) is 0.359. The summed E-state index contributed by atoms with van der Waals surface area (Å²) in [5, 5.41) is 7.92. The zero-order chi connectivity index (χ0) is 21.3. The molecule has 152 valence electrons. The molecule has 0 fully saturated rings. The Balaban J connectivity index is 1.60. The van der Waals surface area contributed by atoms with Crippen molar-refractivity contribution in [3.63, 3.8) is 0 Å². The minimum absolute atomic E-state index is 0.184. The van der Waals surface area contributed by atoms with Gasteiger partial charge in [-0.05, 0) is 49.7 Å². The molecule has 1 amide bonds. The van der Waals surface area contributed by atoms with Crippen molar-refractivity contribution in [2.75, 3.05) is 5.32 Å². The number of nitrogens with zero attached hydrogens (tertiary/aromatic N) is 3. The van der Waals surface area contributed by atoms with E-state index in [2.05, 4.69) is 20.4 Å². The van der Waals surface area contributed by atoms with Crippen LogP contribution < -0.4 is 10.9 Å². The first-order chi connectivity index (χ1) is 14.4. The van der Waals surface area contributed by atoms with Crippen molar-refractivity contribution in [1.82, 2.24) is 19.7 Å². The summed E-state index contributed by atoms with van der Waals surface area (Å²) in [6.07, 6.45) is 1.46. The molecule has 2 aromatic carbocycles.